The van der Waals surface area contributed by atoms with Crippen LogP contribution in [0.25, 0.3) is 0 Å². The third-order valence-electron chi connectivity index (χ3n) is 12.1. The Bertz CT molecular complexity index is 2030. The first-order valence-corrected chi connectivity index (χ1v) is 19.9. The smallest absolute Gasteiger partial charge is 0.274 e. The van der Waals surface area contributed by atoms with Gasteiger partial charge in [0.05, 0.1) is 51.4 Å². The average molecular weight is 743 g/mol. The monoisotopic (exact) mass is 742 g/mol. The van der Waals surface area contributed by atoms with Gasteiger partial charge in [-0.05, 0) is 88.2 Å². The zero-order valence-electron chi connectivity index (χ0n) is 30.5. The molecule has 4 fully saturated rings. The van der Waals surface area contributed by atoms with Crippen LogP contribution >= 0.6 is 0 Å². The number of anilines is 1. The number of nitrogens with zero attached hydrogens (tertiary/aromatic N) is 6. The van der Waals surface area contributed by atoms with Crippen LogP contribution in [0, 0.1) is 16.7 Å². The number of benzene rings is 2. The lowest BCUT2D eigenvalue weighted by atomic mass is 9.76. The van der Waals surface area contributed by atoms with Crippen molar-refractivity contribution >= 4 is 21.6 Å². The minimum atomic E-state index is -4.56. The van der Waals surface area contributed by atoms with E-state index in [-0.39, 0.29) is 34.9 Å². The number of sulfonamides is 1. The molecule has 0 saturated carbocycles. The van der Waals surface area contributed by atoms with Crippen molar-refractivity contribution in [3.8, 4) is 23.4 Å². The maximum Gasteiger partial charge on any atom is 0.274 e. The molecule has 6 heterocycles. The van der Waals surface area contributed by atoms with Crippen LogP contribution in [0.4, 0.5) is 5.69 Å². The predicted octanol–water partition coefficient (Wildman–Crippen LogP) is 3.61. The zero-order valence-corrected chi connectivity index (χ0v) is 31.3. The molecule has 1 aromatic heterocycles. The first-order chi connectivity index (χ1) is 25.7. The van der Waals surface area contributed by atoms with Gasteiger partial charge in [-0.1, -0.05) is 0 Å². The van der Waals surface area contributed by atoms with Crippen LogP contribution in [0.5, 0.6) is 17.4 Å². The van der Waals surface area contributed by atoms with E-state index in [9.17, 15) is 13.7 Å². The molecule has 280 valence electrons. The van der Waals surface area contributed by atoms with Gasteiger partial charge < -0.3 is 23.8 Å². The van der Waals surface area contributed by atoms with Crippen molar-refractivity contribution in [2.24, 2.45) is 5.41 Å². The zero-order chi connectivity index (χ0) is 37.0. The number of carbonyl (C=O) groups excluding carboxylic acids is 1. The number of methoxy groups -OCH3 is 2. The van der Waals surface area contributed by atoms with Crippen molar-refractivity contribution in [3.05, 3.63) is 71.4 Å². The van der Waals surface area contributed by atoms with Crippen molar-refractivity contribution < 1.29 is 32.2 Å². The Kier molecular flexibility index (Phi) is 9.35. The summed E-state index contributed by atoms with van der Waals surface area (Å²) >= 11 is 0. The highest BCUT2D eigenvalue weighted by Gasteiger charge is 2.63. The van der Waals surface area contributed by atoms with Gasteiger partial charge in [-0.25, -0.2) is 17.7 Å². The molecule has 0 N–H and O–H groups in total. The number of carbonyl (C=O) groups is 1. The number of fused-ring (bicyclic) bond motifs is 1. The van der Waals surface area contributed by atoms with E-state index in [1.807, 2.05) is 11.8 Å². The maximum absolute atomic E-state index is 15.4. The number of rotatable bonds is 10. The molecular weight excluding hydrogens is 697 g/mol. The first-order valence-electron chi connectivity index (χ1n) is 18.4. The number of pyridine rings is 1. The van der Waals surface area contributed by atoms with Crippen LogP contribution < -0.4 is 18.5 Å². The average Bonchev–Trinajstić information content (AvgIpc) is 3.41. The van der Waals surface area contributed by atoms with Crippen molar-refractivity contribution in [2.45, 2.75) is 55.1 Å². The molecule has 2 aromatic carbocycles. The molecule has 3 aromatic rings. The number of ether oxygens (including phenoxy) is 4. The Hall–Kier alpha value is -4.26. The highest BCUT2D eigenvalue weighted by atomic mass is 32.2. The van der Waals surface area contributed by atoms with Gasteiger partial charge in [0.25, 0.3) is 15.9 Å². The lowest BCUT2D eigenvalue weighted by molar-refractivity contribution is -0.145. The number of hydrogen-bond donors (Lipinski definition) is 0. The molecule has 53 heavy (non-hydrogen) atoms. The summed E-state index contributed by atoms with van der Waals surface area (Å²) in [4.78, 5) is 27.0. The SMILES string of the molecule is CCOc1ncccc1C1(N2CC(N3CCC(N4CCC5(CC4)COC5)CC3)C2)C(=O)N(S(=O)(=O)c2ccc(OC)cc2OC)c2ccc(C#N)cc21. The molecule has 5 aliphatic rings. The molecule has 5 aliphatic heterocycles. The molecule has 0 radical (unpaired) electrons. The Morgan fingerprint density at radius 2 is 1.68 bits per heavy atom. The van der Waals surface area contributed by atoms with Gasteiger partial charge in [-0.2, -0.15) is 5.26 Å². The van der Waals surface area contributed by atoms with Gasteiger partial charge in [-0.3, -0.25) is 14.6 Å². The van der Waals surface area contributed by atoms with Crippen molar-refractivity contribution in [2.75, 3.05) is 77.6 Å². The third-order valence-corrected chi connectivity index (χ3v) is 13.8. The molecule has 0 bridgehead atoms. The van der Waals surface area contributed by atoms with Crippen LogP contribution in [0.1, 0.15) is 49.3 Å². The van der Waals surface area contributed by atoms with E-state index in [1.54, 1.807) is 30.5 Å². The molecule has 8 rings (SSSR count). The second kappa shape index (κ2) is 13.9. The van der Waals surface area contributed by atoms with E-state index in [1.165, 1.54) is 51.3 Å². The van der Waals surface area contributed by atoms with Crippen LogP contribution in [0.15, 0.2) is 59.6 Å². The van der Waals surface area contributed by atoms with E-state index in [0.29, 0.717) is 47.0 Å². The highest BCUT2D eigenvalue weighted by Crippen LogP contribution is 2.54. The second-order valence-corrected chi connectivity index (χ2v) is 16.5. The van der Waals surface area contributed by atoms with E-state index >= 15 is 4.79 Å². The summed E-state index contributed by atoms with van der Waals surface area (Å²) in [6.07, 6.45) is 6.20. The fraction of sp³-hybridized carbons (Fsp3) is 0.513. The summed E-state index contributed by atoms with van der Waals surface area (Å²) in [5.41, 5.74) is 0.0647. The molecule has 14 heteroatoms. The van der Waals surface area contributed by atoms with Gasteiger partial charge in [0.2, 0.25) is 5.88 Å². The quantitative estimate of drug-likeness (QED) is 0.300. The van der Waals surface area contributed by atoms with Gasteiger partial charge in [0, 0.05) is 67.1 Å². The molecule has 0 aliphatic carbocycles. The Labute approximate surface area is 311 Å². The number of nitriles is 1. The Balaban J connectivity index is 1.13. The summed E-state index contributed by atoms with van der Waals surface area (Å²) < 4.78 is 52.8. The molecule has 4 saturated heterocycles. The summed E-state index contributed by atoms with van der Waals surface area (Å²) in [5, 5.41) is 10.1. The van der Waals surface area contributed by atoms with Crippen LogP contribution in [-0.2, 0) is 25.1 Å². The van der Waals surface area contributed by atoms with Crippen molar-refractivity contribution in [1.29, 1.82) is 5.26 Å². The molecule has 1 atom stereocenters. The van der Waals surface area contributed by atoms with Gasteiger partial charge in [-0.15, -0.1) is 0 Å². The maximum atomic E-state index is 15.4. The minimum absolute atomic E-state index is 0.0368. The number of likely N-dealkylation sites (tertiary alicyclic amines) is 3. The molecule has 1 spiro atoms. The third kappa shape index (κ3) is 5.75. The lowest BCUT2D eigenvalue weighted by Crippen LogP contribution is -2.69. The molecule has 1 amide bonds. The van der Waals surface area contributed by atoms with E-state index in [4.69, 9.17) is 18.9 Å². The summed E-state index contributed by atoms with van der Waals surface area (Å²) in [5.74, 6) is -0.0116. The van der Waals surface area contributed by atoms with E-state index in [0.717, 1.165) is 56.5 Å². The van der Waals surface area contributed by atoms with Crippen LogP contribution in [0.2, 0.25) is 0 Å². The predicted molar refractivity (Wildman–Crippen MR) is 196 cm³/mol. The summed E-state index contributed by atoms with van der Waals surface area (Å²) in [7, 11) is -1.71. The molecular formula is C39H46N6O7S. The normalized spacial score (nSPS) is 24.0. The number of hydrogen-bond acceptors (Lipinski definition) is 12. The topological polar surface area (TPSA) is 138 Å². The fourth-order valence-corrected chi connectivity index (χ4v) is 10.6. The lowest BCUT2D eigenvalue weighted by Gasteiger charge is -2.54. The fourth-order valence-electron chi connectivity index (χ4n) is 9.04. The second-order valence-electron chi connectivity index (χ2n) is 14.8. The molecule has 1 unspecified atom stereocenters. The van der Waals surface area contributed by atoms with E-state index < -0.39 is 21.5 Å². The standard InChI is InChI=1S/C39H46N6O7S/c1-4-52-36-31(6-5-15-41-36)39(44-23-29(24-44)42-16-11-28(12-17-42)43-18-13-38(14-19-43)25-51-26-38)32-20-27(22-40)7-9-33(32)45(37(39)46)53(47,48)35-10-8-30(49-2)21-34(35)50-3/h5-10,15,20-21,28-29H,4,11-14,16-19,23-26H2,1-3H3. The van der Waals surface area contributed by atoms with Crippen molar-refractivity contribution in [3.63, 3.8) is 0 Å². The van der Waals surface area contributed by atoms with Gasteiger partial charge in [0.15, 0.2) is 5.54 Å². The number of aromatic nitrogens is 1. The number of amides is 1. The van der Waals surface area contributed by atoms with E-state index in [2.05, 4.69) is 20.9 Å². The highest BCUT2D eigenvalue weighted by molar-refractivity contribution is 7.93. The Morgan fingerprint density at radius 3 is 2.32 bits per heavy atom. The Morgan fingerprint density at radius 1 is 0.943 bits per heavy atom. The first kappa shape index (κ1) is 35.8. The minimum Gasteiger partial charge on any atom is -0.497 e. The summed E-state index contributed by atoms with van der Waals surface area (Å²) in [6.45, 7) is 9.15. The number of piperidine rings is 2. The van der Waals surface area contributed by atoms with Gasteiger partial charge in [0.1, 0.15) is 16.4 Å². The summed E-state index contributed by atoms with van der Waals surface area (Å²) in [6, 6.07) is 15.5. The van der Waals surface area contributed by atoms with Crippen LogP contribution in [0.3, 0.4) is 0 Å². The molecule has 13 nitrogen and oxygen atoms in total. The van der Waals surface area contributed by atoms with Gasteiger partial charge >= 0.3 is 0 Å². The largest absolute Gasteiger partial charge is 0.497 e. The van der Waals surface area contributed by atoms with Crippen LogP contribution in [-0.4, -0.2) is 119 Å². The van der Waals surface area contributed by atoms with Crippen molar-refractivity contribution in [1.82, 2.24) is 19.7 Å².